The highest BCUT2D eigenvalue weighted by Crippen LogP contribution is 2.37. The molecule has 2 N–H and O–H groups in total. The van der Waals surface area contributed by atoms with Gasteiger partial charge in [-0.15, -0.1) is 0 Å². The molecule has 1 aliphatic rings. The van der Waals surface area contributed by atoms with Crippen LogP contribution in [0, 0.1) is 0 Å². The van der Waals surface area contributed by atoms with Crippen LogP contribution < -0.4 is 15.2 Å². The zero-order chi connectivity index (χ0) is 21.0. The highest BCUT2D eigenvalue weighted by molar-refractivity contribution is 9.10. The molecule has 7 nitrogen and oxygen atoms in total. The molecule has 1 heterocycles. The average Bonchev–Trinajstić information content (AvgIpc) is 2.72. The summed E-state index contributed by atoms with van der Waals surface area (Å²) in [5.74, 6) is -0.424. The van der Waals surface area contributed by atoms with E-state index in [2.05, 4.69) is 15.9 Å². The Morgan fingerprint density at radius 1 is 1.31 bits per heavy atom. The number of hydrogen-bond acceptors (Lipinski definition) is 5. The Bertz CT molecular complexity index is 906. The number of halogens is 2. The fraction of sp³-hybridized carbons (Fsp3) is 0.300. The lowest BCUT2D eigenvalue weighted by atomic mass is 10.1. The molecule has 154 valence electrons. The fourth-order valence-corrected chi connectivity index (χ4v) is 3.55. The van der Waals surface area contributed by atoms with E-state index in [-0.39, 0.29) is 35.1 Å². The summed E-state index contributed by atoms with van der Waals surface area (Å²) < 4.78 is 17.4. The minimum absolute atomic E-state index is 0.159. The molecule has 1 atom stereocenters. The van der Waals surface area contributed by atoms with Crippen molar-refractivity contribution in [2.75, 3.05) is 33.4 Å². The number of ether oxygens (including phenoxy) is 3. The minimum atomic E-state index is -0.643. The summed E-state index contributed by atoms with van der Waals surface area (Å²) in [5, 5.41) is 0.159. The first-order valence-electron chi connectivity index (χ1n) is 8.84. The van der Waals surface area contributed by atoms with Crippen molar-refractivity contribution < 1.29 is 23.8 Å². The number of carbonyl (C=O) groups excluding carboxylic acids is 2. The van der Waals surface area contributed by atoms with Crippen molar-refractivity contribution in [3.63, 3.8) is 0 Å². The fourth-order valence-electron chi connectivity index (χ4n) is 3.02. The molecule has 0 aliphatic carbocycles. The summed E-state index contributed by atoms with van der Waals surface area (Å²) in [7, 11) is 1.43. The first-order valence-corrected chi connectivity index (χ1v) is 10.0. The van der Waals surface area contributed by atoms with Gasteiger partial charge >= 0.3 is 0 Å². The van der Waals surface area contributed by atoms with E-state index < -0.39 is 5.91 Å². The molecule has 2 aromatic rings. The van der Waals surface area contributed by atoms with E-state index in [1.807, 2.05) is 24.3 Å². The lowest BCUT2D eigenvalue weighted by Crippen LogP contribution is -2.42. The van der Waals surface area contributed by atoms with Gasteiger partial charge in [-0.2, -0.15) is 0 Å². The number of amides is 2. The van der Waals surface area contributed by atoms with Crippen molar-refractivity contribution in [1.82, 2.24) is 4.90 Å². The molecule has 2 amide bonds. The zero-order valence-electron chi connectivity index (χ0n) is 15.7. The third-order valence-electron chi connectivity index (χ3n) is 4.43. The summed E-state index contributed by atoms with van der Waals surface area (Å²) in [4.78, 5) is 25.7. The average molecular weight is 484 g/mol. The monoisotopic (exact) mass is 482 g/mol. The van der Waals surface area contributed by atoms with Gasteiger partial charge in [-0.25, -0.2) is 0 Å². The van der Waals surface area contributed by atoms with Crippen LogP contribution in [0.15, 0.2) is 40.9 Å². The highest BCUT2D eigenvalue weighted by atomic mass is 79.9. The predicted octanol–water partition coefficient (Wildman–Crippen LogP) is 3.19. The normalized spacial score (nSPS) is 16.4. The van der Waals surface area contributed by atoms with E-state index in [9.17, 15) is 9.59 Å². The van der Waals surface area contributed by atoms with E-state index in [1.54, 1.807) is 4.90 Å². The van der Waals surface area contributed by atoms with Crippen LogP contribution in [0.4, 0.5) is 0 Å². The van der Waals surface area contributed by atoms with E-state index in [0.717, 1.165) is 10.0 Å². The quantitative estimate of drug-likeness (QED) is 0.681. The summed E-state index contributed by atoms with van der Waals surface area (Å²) in [6.07, 6.45) is -0.212. The summed E-state index contributed by atoms with van der Waals surface area (Å²) in [5.41, 5.74) is 6.46. The van der Waals surface area contributed by atoms with Gasteiger partial charge in [0.2, 0.25) is 0 Å². The second-order valence-corrected chi connectivity index (χ2v) is 7.73. The van der Waals surface area contributed by atoms with Gasteiger partial charge in [0.1, 0.15) is 6.10 Å². The number of methoxy groups -OCH3 is 1. The number of rotatable bonds is 6. The number of nitrogens with two attached hydrogens (primary N) is 1. The molecule has 0 bridgehead atoms. The number of primary amides is 1. The Morgan fingerprint density at radius 2 is 2.03 bits per heavy atom. The summed E-state index contributed by atoms with van der Waals surface area (Å²) in [6, 6.07) is 10.8. The van der Waals surface area contributed by atoms with Crippen molar-refractivity contribution in [3.8, 4) is 11.5 Å². The molecule has 3 rings (SSSR count). The second-order valence-electron chi connectivity index (χ2n) is 6.41. The van der Waals surface area contributed by atoms with Crippen molar-refractivity contribution >= 4 is 39.3 Å². The maximum Gasteiger partial charge on any atom is 0.255 e. The number of hydrogen-bond donors (Lipinski definition) is 1. The van der Waals surface area contributed by atoms with Crippen molar-refractivity contribution in [2.45, 2.75) is 6.10 Å². The van der Waals surface area contributed by atoms with E-state index >= 15 is 0 Å². The Kier molecular flexibility index (Phi) is 7.00. The molecule has 1 saturated heterocycles. The molecule has 0 spiro atoms. The number of carbonyl (C=O) groups is 2. The van der Waals surface area contributed by atoms with Crippen molar-refractivity contribution in [2.24, 2.45) is 5.73 Å². The van der Waals surface area contributed by atoms with E-state index in [0.29, 0.717) is 25.3 Å². The molecular formula is C20H20BrClN2O5. The SMILES string of the molecule is COc1cc(C(=O)N2CCOC(c3ccc(Br)cc3)C2)cc(Cl)c1OCC(N)=O. The second kappa shape index (κ2) is 9.47. The molecule has 29 heavy (non-hydrogen) atoms. The van der Waals surface area contributed by atoms with Gasteiger partial charge < -0.3 is 24.8 Å². The van der Waals surface area contributed by atoms with Gasteiger partial charge in [0, 0.05) is 16.6 Å². The van der Waals surface area contributed by atoms with Crippen LogP contribution >= 0.6 is 27.5 Å². The van der Waals surface area contributed by atoms with Crippen molar-refractivity contribution in [3.05, 3.63) is 57.0 Å². The zero-order valence-corrected chi connectivity index (χ0v) is 18.0. The minimum Gasteiger partial charge on any atom is -0.493 e. The number of benzene rings is 2. The van der Waals surface area contributed by atoms with E-state index in [4.69, 9.17) is 31.5 Å². The van der Waals surface area contributed by atoms with Gasteiger partial charge in [0.05, 0.1) is 25.3 Å². The lowest BCUT2D eigenvalue weighted by Gasteiger charge is -2.33. The van der Waals surface area contributed by atoms with Crippen LogP contribution in [0.1, 0.15) is 22.0 Å². The van der Waals surface area contributed by atoms with Crippen LogP contribution in [-0.2, 0) is 9.53 Å². The third kappa shape index (κ3) is 5.20. The molecule has 0 radical (unpaired) electrons. The molecule has 2 aromatic carbocycles. The highest BCUT2D eigenvalue weighted by Gasteiger charge is 2.27. The van der Waals surface area contributed by atoms with Crippen LogP contribution in [0.5, 0.6) is 11.5 Å². The predicted molar refractivity (Wildman–Crippen MR) is 111 cm³/mol. The van der Waals surface area contributed by atoms with Gasteiger partial charge in [-0.05, 0) is 29.8 Å². The Morgan fingerprint density at radius 3 is 2.69 bits per heavy atom. The third-order valence-corrected chi connectivity index (χ3v) is 5.24. The Labute approximate surface area is 181 Å². The first kappa shape index (κ1) is 21.4. The molecule has 1 aliphatic heterocycles. The van der Waals surface area contributed by atoms with Crippen LogP contribution in [0.25, 0.3) is 0 Å². The first-order chi connectivity index (χ1) is 13.9. The molecule has 0 aromatic heterocycles. The van der Waals surface area contributed by atoms with Crippen molar-refractivity contribution in [1.29, 1.82) is 0 Å². The van der Waals surface area contributed by atoms with Gasteiger partial charge in [0.25, 0.3) is 11.8 Å². The van der Waals surface area contributed by atoms with Crippen LogP contribution in [0.2, 0.25) is 5.02 Å². The maximum absolute atomic E-state index is 13.1. The number of nitrogens with zero attached hydrogens (tertiary/aromatic N) is 1. The lowest BCUT2D eigenvalue weighted by molar-refractivity contribution is -0.119. The Balaban J connectivity index is 1.79. The van der Waals surface area contributed by atoms with Gasteiger partial charge in [-0.3, -0.25) is 9.59 Å². The maximum atomic E-state index is 13.1. The van der Waals surface area contributed by atoms with E-state index in [1.165, 1.54) is 19.2 Å². The summed E-state index contributed by atoms with van der Waals surface area (Å²) >= 11 is 9.68. The van der Waals surface area contributed by atoms with Crippen LogP contribution in [-0.4, -0.2) is 50.1 Å². The largest absolute Gasteiger partial charge is 0.493 e. The van der Waals surface area contributed by atoms with Gasteiger partial charge in [0.15, 0.2) is 18.1 Å². The molecule has 0 saturated carbocycles. The molecule has 9 heteroatoms. The Hall–Kier alpha value is -2.29. The topological polar surface area (TPSA) is 91.1 Å². The molecule has 1 unspecified atom stereocenters. The molecular weight excluding hydrogens is 464 g/mol. The number of morpholine rings is 1. The smallest absolute Gasteiger partial charge is 0.255 e. The van der Waals surface area contributed by atoms with Crippen LogP contribution in [0.3, 0.4) is 0 Å². The summed E-state index contributed by atoms with van der Waals surface area (Å²) in [6.45, 7) is 0.963. The molecule has 1 fully saturated rings. The van der Waals surface area contributed by atoms with Gasteiger partial charge in [-0.1, -0.05) is 39.7 Å². The standard InChI is InChI=1S/C20H20BrClN2O5/c1-27-16-9-13(8-15(22)19(16)29-11-18(23)25)20(26)24-6-7-28-17(10-24)12-2-4-14(21)5-3-12/h2-5,8-9,17H,6-7,10-11H2,1H3,(H2,23,25).